The summed E-state index contributed by atoms with van der Waals surface area (Å²) < 4.78 is 3.22. The highest BCUT2D eigenvalue weighted by molar-refractivity contribution is 9.11. The first kappa shape index (κ1) is 14.1. The summed E-state index contributed by atoms with van der Waals surface area (Å²) in [4.78, 5) is 0. The number of aryl methyl sites for hydroxylation is 1. The van der Waals surface area contributed by atoms with Crippen LogP contribution in [0, 0.1) is 6.92 Å². The number of thiophene rings is 1. The topological polar surface area (TPSA) is 0 Å². The SMILES string of the molecule is Cc1cc(Br)c(C(Cl)c2csc(Br)c2)cc1Br. The summed E-state index contributed by atoms with van der Waals surface area (Å²) in [6.45, 7) is 2.06. The number of rotatable bonds is 2. The summed E-state index contributed by atoms with van der Waals surface area (Å²) in [6, 6.07) is 6.21. The largest absolute Gasteiger partial charge is 0.136 e. The summed E-state index contributed by atoms with van der Waals surface area (Å²) in [5, 5.41) is 1.94. The molecule has 17 heavy (non-hydrogen) atoms. The molecule has 1 unspecified atom stereocenters. The van der Waals surface area contributed by atoms with Crippen molar-refractivity contribution in [3.63, 3.8) is 0 Å². The second-order valence-corrected chi connectivity index (χ2v) is 8.11. The van der Waals surface area contributed by atoms with Gasteiger partial charge in [-0.1, -0.05) is 31.9 Å². The van der Waals surface area contributed by atoms with Crippen LogP contribution in [0.1, 0.15) is 22.1 Å². The van der Waals surface area contributed by atoms with Crippen LogP contribution in [0.5, 0.6) is 0 Å². The second-order valence-electron chi connectivity index (χ2n) is 3.67. The fraction of sp³-hybridized carbons (Fsp3) is 0.167. The summed E-state index contributed by atoms with van der Waals surface area (Å²) in [6.07, 6.45) is 0. The van der Waals surface area contributed by atoms with Gasteiger partial charge in [-0.3, -0.25) is 0 Å². The summed E-state index contributed by atoms with van der Waals surface area (Å²) in [5.74, 6) is 0. The molecule has 1 atom stereocenters. The van der Waals surface area contributed by atoms with Crippen molar-refractivity contribution < 1.29 is 0 Å². The van der Waals surface area contributed by atoms with E-state index in [0.29, 0.717) is 0 Å². The first-order valence-corrected chi connectivity index (χ1v) is 8.52. The Morgan fingerprint density at radius 2 is 1.82 bits per heavy atom. The second kappa shape index (κ2) is 5.74. The van der Waals surface area contributed by atoms with Crippen LogP contribution >= 0.6 is 70.7 Å². The average molecular weight is 459 g/mol. The van der Waals surface area contributed by atoms with E-state index >= 15 is 0 Å². The molecule has 1 aromatic carbocycles. The molecule has 0 saturated heterocycles. The van der Waals surface area contributed by atoms with E-state index in [1.54, 1.807) is 11.3 Å². The number of hydrogen-bond acceptors (Lipinski definition) is 1. The molecule has 0 aliphatic rings. The highest BCUT2D eigenvalue weighted by Crippen LogP contribution is 2.39. The smallest absolute Gasteiger partial charge is 0.0855 e. The predicted molar refractivity (Wildman–Crippen MR) is 86.3 cm³/mol. The Labute approximate surface area is 135 Å². The van der Waals surface area contributed by atoms with Gasteiger partial charge in [-0.25, -0.2) is 0 Å². The Kier molecular flexibility index (Phi) is 4.75. The molecule has 0 aliphatic heterocycles. The minimum absolute atomic E-state index is 0.135. The molecule has 0 amide bonds. The van der Waals surface area contributed by atoms with E-state index in [1.807, 2.05) is 0 Å². The van der Waals surface area contributed by atoms with Crippen molar-refractivity contribution in [2.24, 2.45) is 0 Å². The molecule has 0 fully saturated rings. The molecule has 0 N–H and O–H groups in total. The highest BCUT2D eigenvalue weighted by Gasteiger charge is 2.16. The summed E-state index contributed by atoms with van der Waals surface area (Å²) >= 11 is 18.7. The van der Waals surface area contributed by atoms with E-state index in [9.17, 15) is 0 Å². The van der Waals surface area contributed by atoms with Gasteiger partial charge in [-0.15, -0.1) is 22.9 Å². The fourth-order valence-electron chi connectivity index (χ4n) is 1.49. The van der Waals surface area contributed by atoms with E-state index in [0.717, 1.165) is 23.9 Å². The third-order valence-corrected chi connectivity index (χ3v) is 5.98. The zero-order valence-electron chi connectivity index (χ0n) is 8.81. The molecular weight excluding hydrogens is 451 g/mol. The van der Waals surface area contributed by atoms with Gasteiger partial charge in [0.05, 0.1) is 9.16 Å². The van der Waals surface area contributed by atoms with Crippen LogP contribution in [0.25, 0.3) is 0 Å². The predicted octanol–water partition coefficient (Wildman–Crippen LogP) is 6.67. The molecule has 0 bridgehead atoms. The van der Waals surface area contributed by atoms with Crippen molar-refractivity contribution in [3.8, 4) is 0 Å². The first-order chi connectivity index (χ1) is 7.99. The monoisotopic (exact) mass is 456 g/mol. The molecule has 0 radical (unpaired) electrons. The molecule has 0 nitrogen and oxygen atoms in total. The standard InChI is InChI=1S/C12H8Br3ClS/c1-6-2-10(14)8(4-9(6)13)12(16)7-3-11(15)17-5-7/h2-5,12H,1H3. The van der Waals surface area contributed by atoms with Gasteiger partial charge in [-0.05, 0) is 63.1 Å². The highest BCUT2D eigenvalue weighted by atomic mass is 79.9. The first-order valence-electron chi connectivity index (χ1n) is 4.82. The van der Waals surface area contributed by atoms with Crippen LogP contribution in [0.15, 0.2) is 36.3 Å². The van der Waals surface area contributed by atoms with Crippen molar-refractivity contribution in [3.05, 3.63) is 53.0 Å². The van der Waals surface area contributed by atoms with E-state index in [1.165, 1.54) is 5.56 Å². The van der Waals surface area contributed by atoms with E-state index in [4.69, 9.17) is 11.6 Å². The molecule has 5 heteroatoms. The summed E-state index contributed by atoms with van der Waals surface area (Å²) in [7, 11) is 0. The minimum Gasteiger partial charge on any atom is -0.136 e. The van der Waals surface area contributed by atoms with E-state index < -0.39 is 0 Å². The number of hydrogen-bond donors (Lipinski definition) is 0. The zero-order chi connectivity index (χ0) is 12.6. The van der Waals surface area contributed by atoms with Gasteiger partial charge in [0.2, 0.25) is 0 Å². The summed E-state index contributed by atoms with van der Waals surface area (Å²) in [5.41, 5.74) is 3.38. The van der Waals surface area contributed by atoms with Crippen molar-refractivity contribution in [1.29, 1.82) is 0 Å². The third-order valence-electron chi connectivity index (χ3n) is 2.43. The van der Waals surface area contributed by atoms with Crippen molar-refractivity contribution in [2.45, 2.75) is 12.3 Å². The van der Waals surface area contributed by atoms with Gasteiger partial charge >= 0.3 is 0 Å². The van der Waals surface area contributed by atoms with Crippen LogP contribution in [-0.2, 0) is 0 Å². The quantitative estimate of drug-likeness (QED) is 0.440. The van der Waals surface area contributed by atoms with Crippen LogP contribution in [-0.4, -0.2) is 0 Å². The molecule has 0 spiro atoms. The normalized spacial score (nSPS) is 12.8. The average Bonchev–Trinajstić information content (AvgIpc) is 2.69. The Bertz CT molecular complexity index is 551. The van der Waals surface area contributed by atoms with Crippen molar-refractivity contribution >= 4 is 70.7 Å². The van der Waals surface area contributed by atoms with Crippen LogP contribution in [0.4, 0.5) is 0 Å². The number of halogens is 4. The molecule has 1 heterocycles. The van der Waals surface area contributed by atoms with Gasteiger partial charge in [0.25, 0.3) is 0 Å². The Balaban J connectivity index is 2.43. The molecule has 0 aliphatic carbocycles. The Morgan fingerprint density at radius 1 is 1.12 bits per heavy atom. The Hall–Kier alpha value is 0.650. The van der Waals surface area contributed by atoms with Crippen LogP contribution in [0.3, 0.4) is 0 Å². The minimum atomic E-state index is -0.135. The van der Waals surface area contributed by atoms with Gasteiger partial charge in [0.1, 0.15) is 0 Å². The van der Waals surface area contributed by atoms with Gasteiger partial charge < -0.3 is 0 Å². The fourth-order valence-corrected chi connectivity index (χ4v) is 4.25. The zero-order valence-corrected chi connectivity index (χ0v) is 15.1. The molecule has 2 aromatic rings. The van der Waals surface area contributed by atoms with Gasteiger partial charge in [0, 0.05) is 8.95 Å². The lowest BCUT2D eigenvalue weighted by molar-refractivity contribution is 1.13. The molecular formula is C12H8Br3ClS. The van der Waals surface area contributed by atoms with E-state index in [-0.39, 0.29) is 5.38 Å². The lowest BCUT2D eigenvalue weighted by atomic mass is 10.1. The maximum absolute atomic E-state index is 6.51. The molecule has 0 saturated carbocycles. The lowest BCUT2D eigenvalue weighted by Gasteiger charge is -2.12. The molecule has 1 aromatic heterocycles. The van der Waals surface area contributed by atoms with Gasteiger partial charge in [-0.2, -0.15) is 0 Å². The third kappa shape index (κ3) is 3.16. The Morgan fingerprint density at radius 3 is 2.41 bits per heavy atom. The molecule has 90 valence electrons. The number of benzene rings is 1. The van der Waals surface area contributed by atoms with Crippen molar-refractivity contribution in [2.75, 3.05) is 0 Å². The van der Waals surface area contributed by atoms with Crippen molar-refractivity contribution in [1.82, 2.24) is 0 Å². The van der Waals surface area contributed by atoms with E-state index in [2.05, 4.69) is 78.3 Å². The maximum atomic E-state index is 6.51. The molecule has 2 rings (SSSR count). The van der Waals surface area contributed by atoms with Crippen LogP contribution in [0.2, 0.25) is 0 Å². The number of alkyl halides is 1. The lowest BCUT2D eigenvalue weighted by Crippen LogP contribution is -1.94. The maximum Gasteiger partial charge on any atom is 0.0855 e. The van der Waals surface area contributed by atoms with Crippen LogP contribution < -0.4 is 0 Å². The van der Waals surface area contributed by atoms with Gasteiger partial charge in [0.15, 0.2) is 0 Å².